The number of hydrogen-bond donors (Lipinski definition) is 1. The third-order valence-electron chi connectivity index (χ3n) is 4.28. The predicted octanol–water partition coefficient (Wildman–Crippen LogP) is 4.01. The lowest BCUT2D eigenvalue weighted by Crippen LogP contribution is -2.35. The zero-order valence-corrected chi connectivity index (χ0v) is 15.6. The van der Waals surface area contributed by atoms with Crippen LogP contribution in [0.4, 0.5) is 0 Å². The Balaban J connectivity index is 1.84. The zero-order valence-electron chi connectivity index (χ0n) is 15.6. The second-order valence-corrected chi connectivity index (χ2v) is 7.09. The Labute approximate surface area is 151 Å². The number of aryl methyl sites for hydroxylation is 1. The molecule has 4 heteroatoms. The van der Waals surface area contributed by atoms with Crippen molar-refractivity contribution in [2.75, 3.05) is 19.7 Å². The van der Waals surface area contributed by atoms with Crippen molar-refractivity contribution < 1.29 is 14.3 Å². The van der Waals surface area contributed by atoms with E-state index < -0.39 is 6.10 Å². The van der Waals surface area contributed by atoms with Gasteiger partial charge < -0.3 is 14.3 Å². The highest BCUT2D eigenvalue weighted by molar-refractivity contribution is 5.25. The van der Waals surface area contributed by atoms with Crippen LogP contribution in [0.15, 0.2) is 47.1 Å². The fraction of sp³-hybridized carbons (Fsp3) is 0.524. The molecule has 0 aliphatic carbocycles. The van der Waals surface area contributed by atoms with Crippen molar-refractivity contribution >= 4 is 0 Å². The minimum Gasteiger partial charge on any atom is -0.467 e. The van der Waals surface area contributed by atoms with Crippen molar-refractivity contribution in [2.45, 2.75) is 46.4 Å². The molecular formula is C21H31NO3. The van der Waals surface area contributed by atoms with E-state index >= 15 is 0 Å². The summed E-state index contributed by atoms with van der Waals surface area (Å²) in [7, 11) is 0. The lowest BCUT2D eigenvalue weighted by atomic mass is 10.1. The Morgan fingerprint density at radius 3 is 2.64 bits per heavy atom. The largest absolute Gasteiger partial charge is 0.467 e. The molecule has 2 aromatic rings. The molecular weight excluding hydrogens is 314 g/mol. The molecule has 0 fully saturated rings. The number of ether oxygens (including phenoxy) is 1. The predicted molar refractivity (Wildman–Crippen MR) is 100 cm³/mol. The second-order valence-electron chi connectivity index (χ2n) is 7.09. The van der Waals surface area contributed by atoms with Crippen LogP contribution >= 0.6 is 0 Å². The topological polar surface area (TPSA) is 45.8 Å². The standard InChI is InChI=1S/C21H31NO3/c1-17(2)10-11-22(13-19-8-5-4-7-18(19)3)14-20(23)15-24-16-21-9-6-12-25-21/h4-9,12,17,20,23H,10-11,13-16H2,1-3H3/t20-/m1/s1. The first kappa shape index (κ1) is 19.7. The molecule has 25 heavy (non-hydrogen) atoms. The van der Waals surface area contributed by atoms with E-state index in [1.807, 2.05) is 12.1 Å². The Bertz CT molecular complexity index is 595. The molecule has 0 spiro atoms. The number of rotatable bonds is 11. The second kappa shape index (κ2) is 10.4. The summed E-state index contributed by atoms with van der Waals surface area (Å²) in [6.45, 7) is 9.75. The van der Waals surface area contributed by atoms with E-state index in [0.717, 1.165) is 25.3 Å². The minimum atomic E-state index is -0.508. The molecule has 0 bridgehead atoms. The Kier molecular flexibility index (Phi) is 8.19. The SMILES string of the molecule is Cc1ccccc1CN(CCC(C)C)C[C@@H](O)COCc1ccco1. The summed E-state index contributed by atoms with van der Waals surface area (Å²) >= 11 is 0. The summed E-state index contributed by atoms with van der Waals surface area (Å²) in [6, 6.07) is 12.2. The van der Waals surface area contributed by atoms with Crippen LogP contribution in [-0.4, -0.2) is 35.8 Å². The lowest BCUT2D eigenvalue weighted by molar-refractivity contribution is 0.00323. The maximum atomic E-state index is 10.4. The molecule has 1 aromatic heterocycles. The summed E-state index contributed by atoms with van der Waals surface area (Å²) in [5.41, 5.74) is 2.61. The van der Waals surface area contributed by atoms with Gasteiger partial charge in [0.1, 0.15) is 12.4 Å². The summed E-state index contributed by atoms with van der Waals surface area (Å²) in [5, 5.41) is 10.4. The number of furan rings is 1. The summed E-state index contributed by atoms with van der Waals surface area (Å²) in [5.74, 6) is 1.43. The first-order chi connectivity index (χ1) is 12.0. The van der Waals surface area contributed by atoms with Crippen LogP contribution in [0.5, 0.6) is 0 Å². The maximum Gasteiger partial charge on any atom is 0.129 e. The first-order valence-corrected chi connectivity index (χ1v) is 9.09. The van der Waals surface area contributed by atoms with E-state index in [1.165, 1.54) is 11.1 Å². The molecule has 4 nitrogen and oxygen atoms in total. The van der Waals surface area contributed by atoms with Gasteiger partial charge in [0.25, 0.3) is 0 Å². The normalized spacial score (nSPS) is 12.9. The molecule has 138 valence electrons. The van der Waals surface area contributed by atoms with Crippen LogP contribution in [-0.2, 0) is 17.9 Å². The van der Waals surface area contributed by atoms with E-state index in [9.17, 15) is 5.11 Å². The molecule has 1 aromatic carbocycles. The monoisotopic (exact) mass is 345 g/mol. The van der Waals surface area contributed by atoms with Gasteiger partial charge in [0.2, 0.25) is 0 Å². The lowest BCUT2D eigenvalue weighted by Gasteiger charge is -2.26. The highest BCUT2D eigenvalue weighted by Gasteiger charge is 2.14. The van der Waals surface area contributed by atoms with E-state index in [-0.39, 0.29) is 0 Å². The zero-order chi connectivity index (χ0) is 18.1. The molecule has 1 heterocycles. The van der Waals surface area contributed by atoms with Crippen LogP contribution < -0.4 is 0 Å². The van der Waals surface area contributed by atoms with Gasteiger partial charge in [-0.15, -0.1) is 0 Å². The van der Waals surface area contributed by atoms with Gasteiger partial charge >= 0.3 is 0 Å². The number of benzene rings is 1. The van der Waals surface area contributed by atoms with Crippen LogP contribution in [0.1, 0.15) is 37.2 Å². The van der Waals surface area contributed by atoms with Crippen molar-refractivity contribution in [1.29, 1.82) is 0 Å². The van der Waals surface area contributed by atoms with E-state index in [1.54, 1.807) is 6.26 Å². The summed E-state index contributed by atoms with van der Waals surface area (Å²) in [6.07, 6.45) is 2.24. The maximum absolute atomic E-state index is 10.4. The summed E-state index contributed by atoms with van der Waals surface area (Å²) < 4.78 is 10.8. The molecule has 0 aliphatic rings. The first-order valence-electron chi connectivity index (χ1n) is 9.09. The van der Waals surface area contributed by atoms with Gasteiger partial charge in [0, 0.05) is 13.1 Å². The van der Waals surface area contributed by atoms with Crippen LogP contribution in [0, 0.1) is 12.8 Å². The molecule has 0 amide bonds. The van der Waals surface area contributed by atoms with Crippen LogP contribution in [0.3, 0.4) is 0 Å². The summed E-state index contributed by atoms with van der Waals surface area (Å²) in [4.78, 5) is 2.32. The van der Waals surface area contributed by atoms with Crippen molar-refractivity contribution in [3.8, 4) is 0 Å². The quantitative estimate of drug-likeness (QED) is 0.668. The van der Waals surface area contributed by atoms with Gasteiger partial charge in [-0.1, -0.05) is 38.1 Å². The third-order valence-corrected chi connectivity index (χ3v) is 4.28. The number of nitrogens with zero attached hydrogens (tertiary/aromatic N) is 1. The molecule has 0 aliphatic heterocycles. The molecule has 0 saturated heterocycles. The Hall–Kier alpha value is -1.62. The number of hydrogen-bond acceptors (Lipinski definition) is 4. The highest BCUT2D eigenvalue weighted by atomic mass is 16.5. The van der Waals surface area contributed by atoms with Gasteiger partial charge in [-0.3, -0.25) is 4.90 Å². The average Bonchev–Trinajstić information content (AvgIpc) is 3.08. The Morgan fingerprint density at radius 1 is 1.16 bits per heavy atom. The van der Waals surface area contributed by atoms with E-state index in [2.05, 4.69) is 49.9 Å². The Morgan fingerprint density at radius 2 is 1.96 bits per heavy atom. The van der Waals surface area contributed by atoms with Crippen molar-refractivity contribution in [3.05, 3.63) is 59.5 Å². The molecule has 0 saturated carbocycles. The number of aliphatic hydroxyl groups is 1. The number of aliphatic hydroxyl groups excluding tert-OH is 1. The van der Waals surface area contributed by atoms with Gasteiger partial charge in [0.15, 0.2) is 0 Å². The minimum absolute atomic E-state index is 0.312. The average molecular weight is 345 g/mol. The molecule has 2 rings (SSSR count). The highest BCUT2D eigenvalue weighted by Crippen LogP contribution is 2.13. The van der Waals surface area contributed by atoms with Gasteiger partial charge in [-0.05, 0) is 49.1 Å². The smallest absolute Gasteiger partial charge is 0.129 e. The van der Waals surface area contributed by atoms with Gasteiger partial charge in [0.05, 0.1) is 19.0 Å². The molecule has 0 unspecified atom stereocenters. The molecule has 1 atom stereocenters. The molecule has 0 radical (unpaired) electrons. The van der Waals surface area contributed by atoms with Crippen LogP contribution in [0.25, 0.3) is 0 Å². The van der Waals surface area contributed by atoms with E-state index in [0.29, 0.717) is 25.7 Å². The van der Waals surface area contributed by atoms with Gasteiger partial charge in [-0.2, -0.15) is 0 Å². The fourth-order valence-electron chi connectivity index (χ4n) is 2.75. The van der Waals surface area contributed by atoms with Gasteiger partial charge in [-0.25, -0.2) is 0 Å². The van der Waals surface area contributed by atoms with Crippen molar-refractivity contribution in [3.63, 3.8) is 0 Å². The van der Waals surface area contributed by atoms with E-state index in [4.69, 9.17) is 9.15 Å². The fourth-order valence-corrected chi connectivity index (χ4v) is 2.75. The van der Waals surface area contributed by atoms with Crippen molar-refractivity contribution in [2.24, 2.45) is 5.92 Å². The third kappa shape index (κ3) is 7.43. The van der Waals surface area contributed by atoms with Crippen molar-refractivity contribution in [1.82, 2.24) is 4.90 Å². The van der Waals surface area contributed by atoms with Crippen LogP contribution in [0.2, 0.25) is 0 Å². The molecule has 1 N–H and O–H groups in total.